The van der Waals surface area contributed by atoms with E-state index in [0.29, 0.717) is 31.2 Å². The molecule has 3 heterocycles. The van der Waals surface area contributed by atoms with Gasteiger partial charge in [-0.1, -0.05) is 0 Å². The predicted molar refractivity (Wildman–Crippen MR) is 84.0 cm³/mol. The zero-order valence-corrected chi connectivity index (χ0v) is 14.0. The van der Waals surface area contributed by atoms with Crippen molar-refractivity contribution in [2.75, 3.05) is 33.4 Å². The number of fused-ring (bicyclic) bond motifs is 1. The first-order chi connectivity index (χ1) is 11.0. The van der Waals surface area contributed by atoms with Crippen molar-refractivity contribution >= 4 is 11.8 Å². The van der Waals surface area contributed by atoms with Crippen molar-refractivity contribution in [1.29, 1.82) is 0 Å². The number of amides is 2. The number of rotatable bonds is 2. The van der Waals surface area contributed by atoms with E-state index in [-0.39, 0.29) is 24.5 Å². The van der Waals surface area contributed by atoms with Crippen molar-refractivity contribution in [1.82, 2.24) is 19.6 Å². The second-order valence-corrected chi connectivity index (χ2v) is 6.35. The molecule has 2 saturated heterocycles. The Morgan fingerprint density at radius 3 is 2.96 bits per heavy atom. The summed E-state index contributed by atoms with van der Waals surface area (Å²) in [5.74, 6) is 0.295. The zero-order valence-electron chi connectivity index (χ0n) is 14.0. The molecule has 23 heavy (non-hydrogen) atoms. The van der Waals surface area contributed by atoms with Crippen molar-refractivity contribution in [3.8, 4) is 0 Å². The number of carbonyl (C=O) groups is 2. The molecule has 0 N–H and O–H groups in total. The summed E-state index contributed by atoms with van der Waals surface area (Å²) in [5, 5.41) is 4.26. The Balaban J connectivity index is 1.78. The number of aryl methyl sites for hydroxylation is 1. The van der Waals surface area contributed by atoms with Gasteiger partial charge in [0.25, 0.3) is 5.91 Å². The minimum absolute atomic E-state index is 0.00617. The van der Waals surface area contributed by atoms with Crippen molar-refractivity contribution in [2.24, 2.45) is 5.92 Å². The summed E-state index contributed by atoms with van der Waals surface area (Å²) >= 11 is 0. The van der Waals surface area contributed by atoms with Gasteiger partial charge in [0.1, 0.15) is 6.61 Å². The number of likely N-dealkylation sites (N-methyl/N-ethyl adjacent to an activating group) is 1. The van der Waals surface area contributed by atoms with E-state index in [1.165, 1.54) is 0 Å². The molecule has 126 valence electrons. The smallest absolute Gasteiger partial charge is 0.257 e. The molecule has 2 aliphatic rings. The molecule has 2 amide bonds. The van der Waals surface area contributed by atoms with Gasteiger partial charge < -0.3 is 14.5 Å². The van der Waals surface area contributed by atoms with Crippen molar-refractivity contribution in [3.05, 3.63) is 17.5 Å². The summed E-state index contributed by atoms with van der Waals surface area (Å²) in [6.07, 6.45) is 2.51. The first-order valence-corrected chi connectivity index (χ1v) is 8.18. The van der Waals surface area contributed by atoms with Crippen molar-refractivity contribution < 1.29 is 14.3 Å². The van der Waals surface area contributed by atoms with Crippen LogP contribution in [0.25, 0.3) is 0 Å². The number of carbonyl (C=O) groups excluding carboxylic acids is 2. The number of hydrogen-bond donors (Lipinski definition) is 0. The van der Waals surface area contributed by atoms with E-state index in [1.807, 2.05) is 30.5 Å². The highest BCUT2D eigenvalue weighted by molar-refractivity contribution is 5.95. The topological polar surface area (TPSA) is 67.7 Å². The van der Waals surface area contributed by atoms with E-state index in [0.717, 1.165) is 18.7 Å². The van der Waals surface area contributed by atoms with Gasteiger partial charge in [0, 0.05) is 38.3 Å². The van der Waals surface area contributed by atoms with Crippen LogP contribution in [0.2, 0.25) is 0 Å². The fraction of sp³-hybridized carbons (Fsp3) is 0.688. The molecule has 2 atom stereocenters. The average molecular weight is 320 g/mol. The van der Waals surface area contributed by atoms with Crippen LogP contribution >= 0.6 is 0 Å². The number of ether oxygens (including phenoxy) is 1. The van der Waals surface area contributed by atoms with Crippen LogP contribution in [0.15, 0.2) is 6.20 Å². The lowest BCUT2D eigenvalue weighted by molar-refractivity contribution is -0.134. The molecule has 3 rings (SSSR count). The van der Waals surface area contributed by atoms with E-state index in [4.69, 9.17) is 4.74 Å². The van der Waals surface area contributed by atoms with E-state index in [1.54, 1.807) is 11.1 Å². The Morgan fingerprint density at radius 1 is 1.48 bits per heavy atom. The Kier molecular flexibility index (Phi) is 4.39. The summed E-state index contributed by atoms with van der Waals surface area (Å²) in [6.45, 7) is 6.67. The fourth-order valence-electron chi connectivity index (χ4n) is 3.53. The summed E-state index contributed by atoms with van der Waals surface area (Å²) in [5.41, 5.74) is 1.55. The van der Waals surface area contributed by atoms with Crippen LogP contribution in [0.3, 0.4) is 0 Å². The minimum Gasteiger partial charge on any atom is -0.371 e. The van der Waals surface area contributed by atoms with Gasteiger partial charge in [0.15, 0.2) is 0 Å². The van der Waals surface area contributed by atoms with Crippen LogP contribution in [0.1, 0.15) is 29.4 Å². The maximum atomic E-state index is 12.8. The highest BCUT2D eigenvalue weighted by Crippen LogP contribution is 2.26. The predicted octanol–water partition coefficient (Wildman–Crippen LogP) is 0.531. The minimum atomic E-state index is -0.0122. The number of piperidine rings is 1. The number of likely N-dealkylation sites (tertiary alicyclic amines) is 1. The first-order valence-electron chi connectivity index (χ1n) is 8.18. The summed E-state index contributed by atoms with van der Waals surface area (Å²) in [7, 11) is 1.81. The quantitative estimate of drug-likeness (QED) is 0.797. The molecule has 0 spiro atoms. The molecule has 1 aromatic rings. The Hall–Kier alpha value is -1.89. The van der Waals surface area contributed by atoms with Crippen molar-refractivity contribution in [2.45, 2.75) is 32.9 Å². The summed E-state index contributed by atoms with van der Waals surface area (Å²) < 4.78 is 7.28. The fourth-order valence-corrected chi connectivity index (χ4v) is 3.53. The highest BCUT2D eigenvalue weighted by atomic mass is 16.5. The standard InChI is InChI=1S/C16H24N4O3/c1-4-20-11(2)13(7-17-20)16(22)19-6-5-12-9-23-10-15(21)18(3)14(12)8-19/h7,12,14H,4-6,8-10H2,1-3H3/t12-,14-/m0/s1. The summed E-state index contributed by atoms with van der Waals surface area (Å²) in [6, 6.07) is 0.0317. The van der Waals surface area contributed by atoms with Gasteiger partial charge in [0.05, 0.1) is 24.4 Å². The lowest BCUT2D eigenvalue weighted by atomic mass is 9.91. The van der Waals surface area contributed by atoms with E-state index in [9.17, 15) is 9.59 Å². The normalized spacial score (nSPS) is 25.3. The highest BCUT2D eigenvalue weighted by Gasteiger charge is 2.38. The van der Waals surface area contributed by atoms with E-state index in [2.05, 4.69) is 5.10 Å². The van der Waals surface area contributed by atoms with E-state index < -0.39 is 0 Å². The molecule has 1 aromatic heterocycles. The van der Waals surface area contributed by atoms with Crippen LogP contribution in [0.4, 0.5) is 0 Å². The Labute approximate surface area is 136 Å². The molecular weight excluding hydrogens is 296 g/mol. The molecule has 0 aliphatic carbocycles. The van der Waals surface area contributed by atoms with Crippen LogP contribution in [0, 0.1) is 12.8 Å². The van der Waals surface area contributed by atoms with Gasteiger partial charge in [-0.15, -0.1) is 0 Å². The molecule has 0 radical (unpaired) electrons. The molecule has 0 saturated carbocycles. The molecule has 0 bridgehead atoms. The van der Waals surface area contributed by atoms with Crippen molar-refractivity contribution in [3.63, 3.8) is 0 Å². The number of hydrogen-bond acceptors (Lipinski definition) is 4. The number of nitrogens with zero attached hydrogens (tertiary/aromatic N) is 4. The van der Waals surface area contributed by atoms with E-state index >= 15 is 0 Å². The van der Waals surface area contributed by atoms with Gasteiger partial charge in [0.2, 0.25) is 5.91 Å². The van der Waals surface area contributed by atoms with Gasteiger partial charge in [-0.05, 0) is 20.3 Å². The maximum Gasteiger partial charge on any atom is 0.257 e. The molecule has 2 aliphatic heterocycles. The largest absolute Gasteiger partial charge is 0.371 e. The third kappa shape index (κ3) is 2.85. The van der Waals surface area contributed by atoms with Gasteiger partial charge in [-0.3, -0.25) is 14.3 Å². The Morgan fingerprint density at radius 2 is 2.26 bits per heavy atom. The lowest BCUT2D eigenvalue weighted by Gasteiger charge is -2.41. The second-order valence-electron chi connectivity index (χ2n) is 6.35. The SMILES string of the molecule is CCn1ncc(C(=O)N2CC[C@H]3COCC(=O)N(C)[C@H]3C2)c1C. The number of aromatic nitrogens is 2. The van der Waals surface area contributed by atoms with Crippen LogP contribution in [-0.2, 0) is 16.1 Å². The third-order valence-corrected chi connectivity index (χ3v) is 5.09. The monoisotopic (exact) mass is 320 g/mol. The maximum absolute atomic E-state index is 12.8. The lowest BCUT2D eigenvalue weighted by Crippen LogP contribution is -2.54. The van der Waals surface area contributed by atoms with Crippen LogP contribution in [-0.4, -0.2) is 70.8 Å². The van der Waals surface area contributed by atoms with Gasteiger partial charge >= 0.3 is 0 Å². The van der Waals surface area contributed by atoms with Crippen LogP contribution in [0.5, 0.6) is 0 Å². The zero-order chi connectivity index (χ0) is 16.6. The second kappa shape index (κ2) is 6.31. The van der Waals surface area contributed by atoms with Gasteiger partial charge in [-0.25, -0.2) is 0 Å². The third-order valence-electron chi connectivity index (χ3n) is 5.09. The first kappa shape index (κ1) is 16.0. The molecule has 7 nitrogen and oxygen atoms in total. The van der Waals surface area contributed by atoms with Gasteiger partial charge in [-0.2, -0.15) is 5.10 Å². The molecule has 2 fully saturated rings. The molecule has 0 aromatic carbocycles. The summed E-state index contributed by atoms with van der Waals surface area (Å²) in [4.78, 5) is 28.4. The molecule has 7 heteroatoms. The molecular formula is C16H24N4O3. The molecule has 0 unspecified atom stereocenters. The van der Waals surface area contributed by atoms with Crippen LogP contribution < -0.4 is 0 Å². The Bertz CT molecular complexity index is 612. The average Bonchev–Trinajstić information content (AvgIpc) is 2.87.